The maximum atomic E-state index is 11.4. The Hall–Kier alpha value is -1.24. The monoisotopic (exact) mass is 266 g/mol. The summed E-state index contributed by atoms with van der Waals surface area (Å²) in [5, 5.41) is 21.5. The summed E-state index contributed by atoms with van der Waals surface area (Å²) in [6, 6.07) is -2.44. The first-order chi connectivity index (χ1) is 7.79. The van der Waals surface area contributed by atoms with Crippen molar-refractivity contribution in [3.63, 3.8) is 0 Å². The molecule has 0 fully saturated rings. The topological polar surface area (TPSA) is 133 Å². The molecule has 0 aliphatic carbocycles. The summed E-state index contributed by atoms with van der Waals surface area (Å²) in [5.74, 6) is -1.87. The molecule has 0 aliphatic rings. The molecule has 3 atom stereocenters. The first-order valence-corrected chi connectivity index (χ1v) is 6.15. The molecule has 0 aliphatic heterocycles. The van der Waals surface area contributed by atoms with Crippen molar-refractivity contribution >= 4 is 25.4 Å². The van der Waals surface area contributed by atoms with Crippen molar-refractivity contribution in [2.24, 2.45) is 0 Å². The molecule has 98 valence electrons. The van der Waals surface area contributed by atoms with Crippen LogP contribution in [0.1, 0.15) is 13.8 Å². The van der Waals surface area contributed by atoms with E-state index in [1.165, 1.54) is 13.8 Å². The van der Waals surface area contributed by atoms with E-state index in [2.05, 4.69) is 5.32 Å². The molecule has 0 heterocycles. The van der Waals surface area contributed by atoms with E-state index < -0.39 is 44.0 Å². The zero-order chi connectivity index (χ0) is 13.6. The normalized spacial score (nSPS) is 15.7. The zero-order valence-electron chi connectivity index (χ0n) is 9.39. The number of hydrogen-bond donors (Lipinski definition) is 4. The zero-order valence-corrected chi connectivity index (χ0v) is 10.4. The maximum Gasteiger partial charge on any atom is 0.323 e. The quantitative estimate of drug-likeness (QED) is 0.414. The second-order valence-electron chi connectivity index (χ2n) is 3.33. The Balaban J connectivity index is 4.45. The number of nitrogens with one attached hydrogen (secondary N) is 2. The summed E-state index contributed by atoms with van der Waals surface area (Å²) < 4.78 is 11.4. The molecule has 1 unspecified atom stereocenters. The van der Waals surface area contributed by atoms with Gasteiger partial charge in [-0.05, 0) is 6.92 Å². The van der Waals surface area contributed by atoms with Gasteiger partial charge in [-0.25, -0.2) is 5.09 Å². The Labute approximate surface area is 98.2 Å². The van der Waals surface area contributed by atoms with Gasteiger partial charge in [0.1, 0.15) is 6.04 Å². The number of carboxylic acids is 1. The Kier molecular flexibility index (Phi) is 6.64. The van der Waals surface area contributed by atoms with E-state index in [-0.39, 0.29) is 0 Å². The van der Waals surface area contributed by atoms with E-state index in [9.17, 15) is 18.9 Å². The van der Waals surface area contributed by atoms with E-state index in [0.29, 0.717) is 0 Å². The summed E-state index contributed by atoms with van der Waals surface area (Å²) in [6.07, 6.45) is 0. The number of aliphatic hydroxyl groups excluding tert-OH is 1. The van der Waals surface area contributed by atoms with Gasteiger partial charge in [0, 0.05) is 6.92 Å². The Morgan fingerprint density at radius 2 is 1.88 bits per heavy atom. The van der Waals surface area contributed by atoms with E-state index >= 15 is 0 Å². The van der Waals surface area contributed by atoms with Crippen LogP contribution < -0.4 is 10.4 Å². The van der Waals surface area contributed by atoms with Crippen LogP contribution in [0.4, 0.5) is 0 Å². The largest absolute Gasteiger partial charge is 0.480 e. The van der Waals surface area contributed by atoms with Crippen molar-refractivity contribution in [3.8, 4) is 0 Å². The van der Waals surface area contributed by atoms with Crippen LogP contribution in [0.15, 0.2) is 0 Å². The van der Waals surface area contributed by atoms with Crippen LogP contribution >= 0.6 is 7.95 Å². The molecule has 0 radical (unpaired) electrons. The smallest absolute Gasteiger partial charge is 0.323 e. The van der Waals surface area contributed by atoms with Gasteiger partial charge in [-0.15, -0.1) is 0 Å². The highest BCUT2D eigenvalue weighted by molar-refractivity contribution is 7.62. The number of aliphatic carboxylic acids is 1. The van der Waals surface area contributed by atoms with Gasteiger partial charge >= 0.3 is 5.97 Å². The predicted molar refractivity (Wildman–Crippen MR) is 58.9 cm³/mol. The Morgan fingerprint density at radius 1 is 1.35 bits per heavy atom. The number of aliphatic hydroxyl groups is 1. The van der Waals surface area contributed by atoms with Crippen molar-refractivity contribution < 1.29 is 29.2 Å². The highest BCUT2D eigenvalue weighted by Crippen LogP contribution is 2.19. The van der Waals surface area contributed by atoms with E-state index in [0.717, 1.165) is 0 Å². The lowest BCUT2D eigenvalue weighted by Gasteiger charge is -2.14. The van der Waals surface area contributed by atoms with Gasteiger partial charge in [-0.2, -0.15) is 0 Å². The summed E-state index contributed by atoms with van der Waals surface area (Å²) in [5.41, 5.74) is -0.801. The summed E-state index contributed by atoms with van der Waals surface area (Å²) in [4.78, 5) is 32.6. The second kappa shape index (κ2) is 7.16. The molecule has 17 heavy (non-hydrogen) atoms. The number of hydrogen-bond acceptors (Lipinski definition) is 5. The first-order valence-electron chi connectivity index (χ1n) is 4.75. The minimum Gasteiger partial charge on any atom is -0.480 e. The SMILES string of the molecule is CC(=O)N[C@@H](C)C(=O)[PH](=O)N[C@@H](CO)C(=O)O. The maximum absolute atomic E-state index is 11.4. The predicted octanol–water partition coefficient (Wildman–Crippen LogP) is -1.45. The molecule has 0 saturated carbocycles. The average molecular weight is 266 g/mol. The lowest BCUT2D eigenvalue weighted by Crippen LogP contribution is -2.40. The van der Waals surface area contributed by atoms with Crippen molar-refractivity contribution in [1.82, 2.24) is 10.4 Å². The van der Waals surface area contributed by atoms with Crippen molar-refractivity contribution in [3.05, 3.63) is 0 Å². The molecule has 4 N–H and O–H groups in total. The highest BCUT2D eigenvalue weighted by Gasteiger charge is 2.25. The molecule has 0 rings (SSSR count). The van der Waals surface area contributed by atoms with Gasteiger partial charge in [-0.3, -0.25) is 14.4 Å². The fraction of sp³-hybridized carbons (Fsp3) is 0.625. The molecule has 0 spiro atoms. The van der Waals surface area contributed by atoms with Crippen molar-refractivity contribution in [2.75, 3.05) is 6.61 Å². The van der Waals surface area contributed by atoms with Gasteiger partial charge in [0.25, 0.3) is 0 Å². The molecule has 0 aromatic carbocycles. The van der Waals surface area contributed by atoms with Crippen LogP contribution in [0.25, 0.3) is 0 Å². The van der Waals surface area contributed by atoms with Crippen LogP contribution in [-0.2, 0) is 18.9 Å². The standard InChI is InChI=1S/C8H15N2O6P/c1-4(9-5(2)12)8(15)17(16)10-6(3-11)7(13)14/h4,6,11,17H,3H2,1-2H3,(H,9,12)(H,10,16)(H,13,14)/t4-,6-/m0/s1. The van der Waals surface area contributed by atoms with E-state index in [4.69, 9.17) is 10.2 Å². The third-order valence-electron chi connectivity index (χ3n) is 1.82. The first kappa shape index (κ1) is 15.8. The van der Waals surface area contributed by atoms with Crippen LogP contribution in [0.5, 0.6) is 0 Å². The van der Waals surface area contributed by atoms with Gasteiger partial charge in [0.05, 0.1) is 12.6 Å². The third-order valence-corrected chi connectivity index (χ3v) is 3.31. The lowest BCUT2D eigenvalue weighted by molar-refractivity contribution is -0.139. The minimum atomic E-state index is -3.06. The number of carboxylic acid groups (broad SMARTS) is 1. The molecule has 0 aromatic heterocycles. The second-order valence-corrected chi connectivity index (χ2v) is 4.77. The van der Waals surface area contributed by atoms with Gasteiger partial charge in [0.15, 0.2) is 0 Å². The number of amides is 1. The average Bonchev–Trinajstić information content (AvgIpc) is 2.22. The van der Waals surface area contributed by atoms with Crippen LogP contribution in [0.3, 0.4) is 0 Å². The number of carbonyl (C=O) groups is 3. The minimum absolute atomic E-state index is 0.461. The number of rotatable bonds is 7. The summed E-state index contributed by atoms with van der Waals surface area (Å²) in [7, 11) is -3.06. The molecular weight excluding hydrogens is 251 g/mol. The molecule has 8 nitrogen and oxygen atoms in total. The van der Waals surface area contributed by atoms with Gasteiger partial charge in [0.2, 0.25) is 19.4 Å². The molecule has 9 heteroatoms. The lowest BCUT2D eigenvalue weighted by atomic mass is 10.3. The Morgan fingerprint density at radius 3 is 2.24 bits per heavy atom. The van der Waals surface area contributed by atoms with E-state index in [1.54, 1.807) is 0 Å². The molecule has 0 aromatic rings. The van der Waals surface area contributed by atoms with Crippen LogP contribution in [-0.4, -0.2) is 46.3 Å². The fourth-order valence-electron chi connectivity index (χ4n) is 0.982. The van der Waals surface area contributed by atoms with Crippen LogP contribution in [0, 0.1) is 0 Å². The highest BCUT2D eigenvalue weighted by atomic mass is 31.1. The van der Waals surface area contributed by atoms with E-state index in [1.807, 2.05) is 5.09 Å². The van der Waals surface area contributed by atoms with Crippen LogP contribution in [0.2, 0.25) is 0 Å². The van der Waals surface area contributed by atoms with Gasteiger partial charge in [-0.1, -0.05) is 0 Å². The summed E-state index contributed by atoms with van der Waals surface area (Å²) in [6.45, 7) is 1.75. The van der Waals surface area contributed by atoms with Crippen molar-refractivity contribution in [1.29, 1.82) is 0 Å². The van der Waals surface area contributed by atoms with Gasteiger partial charge < -0.3 is 20.1 Å². The fourth-order valence-corrected chi connectivity index (χ4v) is 2.12. The summed E-state index contributed by atoms with van der Waals surface area (Å²) >= 11 is 0. The molecule has 0 bridgehead atoms. The number of carbonyl (C=O) groups excluding carboxylic acids is 2. The Bertz CT molecular complexity index is 345. The van der Waals surface area contributed by atoms with Crippen molar-refractivity contribution in [2.45, 2.75) is 25.9 Å². The molecule has 0 saturated heterocycles. The molecular formula is C8H15N2O6P. The third kappa shape index (κ3) is 5.58. The molecule has 1 amide bonds.